The standard InChI is InChI=1S/C14H21N3O/c1-14(2)9-11(17-13(15-3)16-4)10-7-5-6-8-12(10)18-14/h5-8,11H,9H2,1-4H3,(H2,15,16,17). The number of nitrogens with zero attached hydrogens (tertiary/aromatic N) is 1. The van der Waals surface area contributed by atoms with Gasteiger partial charge < -0.3 is 15.4 Å². The lowest BCUT2D eigenvalue weighted by molar-refractivity contribution is 0.0694. The molecule has 0 amide bonds. The Kier molecular flexibility index (Phi) is 3.45. The van der Waals surface area contributed by atoms with Crippen molar-refractivity contribution in [1.82, 2.24) is 10.6 Å². The van der Waals surface area contributed by atoms with Crippen molar-refractivity contribution >= 4 is 5.96 Å². The van der Waals surface area contributed by atoms with Crippen LogP contribution in [0, 0.1) is 0 Å². The summed E-state index contributed by atoms with van der Waals surface area (Å²) < 4.78 is 6.00. The molecule has 2 rings (SSSR count). The lowest BCUT2D eigenvalue weighted by Gasteiger charge is -2.38. The fraction of sp³-hybridized carbons (Fsp3) is 0.500. The minimum absolute atomic E-state index is 0.168. The van der Waals surface area contributed by atoms with Crippen LogP contribution in [0.4, 0.5) is 0 Å². The highest BCUT2D eigenvalue weighted by atomic mass is 16.5. The summed E-state index contributed by atoms with van der Waals surface area (Å²) in [5, 5.41) is 6.48. The van der Waals surface area contributed by atoms with E-state index in [2.05, 4.69) is 35.5 Å². The van der Waals surface area contributed by atoms with Crippen LogP contribution < -0.4 is 15.4 Å². The third-order valence-electron chi connectivity index (χ3n) is 3.15. The second kappa shape index (κ2) is 4.88. The van der Waals surface area contributed by atoms with Gasteiger partial charge in [-0.2, -0.15) is 0 Å². The summed E-state index contributed by atoms with van der Waals surface area (Å²) in [6, 6.07) is 8.39. The first kappa shape index (κ1) is 12.7. The van der Waals surface area contributed by atoms with E-state index < -0.39 is 0 Å². The number of hydrogen-bond acceptors (Lipinski definition) is 2. The van der Waals surface area contributed by atoms with Crippen molar-refractivity contribution in [2.75, 3.05) is 14.1 Å². The van der Waals surface area contributed by atoms with E-state index in [9.17, 15) is 0 Å². The predicted molar refractivity (Wildman–Crippen MR) is 74.1 cm³/mol. The van der Waals surface area contributed by atoms with Crippen molar-refractivity contribution in [2.24, 2.45) is 4.99 Å². The van der Waals surface area contributed by atoms with E-state index in [-0.39, 0.29) is 11.6 Å². The Balaban J connectivity index is 2.30. The van der Waals surface area contributed by atoms with Crippen LogP contribution in [0.5, 0.6) is 5.75 Å². The number of ether oxygens (including phenoxy) is 1. The molecule has 98 valence electrons. The van der Waals surface area contributed by atoms with Gasteiger partial charge in [-0.3, -0.25) is 4.99 Å². The fourth-order valence-corrected chi connectivity index (χ4v) is 2.34. The molecule has 0 fully saturated rings. The van der Waals surface area contributed by atoms with Gasteiger partial charge in [0.15, 0.2) is 5.96 Å². The summed E-state index contributed by atoms with van der Waals surface area (Å²) in [6.07, 6.45) is 0.907. The molecule has 1 aromatic rings. The van der Waals surface area contributed by atoms with Crippen LogP contribution >= 0.6 is 0 Å². The highest BCUT2D eigenvalue weighted by molar-refractivity contribution is 5.80. The summed E-state index contributed by atoms with van der Waals surface area (Å²) >= 11 is 0. The molecule has 0 radical (unpaired) electrons. The van der Waals surface area contributed by atoms with E-state index in [4.69, 9.17) is 4.74 Å². The summed E-state index contributed by atoms with van der Waals surface area (Å²) in [5.74, 6) is 1.75. The van der Waals surface area contributed by atoms with Crippen molar-refractivity contribution in [3.05, 3.63) is 29.8 Å². The maximum atomic E-state index is 6.00. The number of fused-ring (bicyclic) bond motifs is 1. The normalized spacial score (nSPS) is 21.8. The van der Waals surface area contributed by atoms with E-state index in [1.165, 1.54) is 5.56 Å². The summed E-state index contributed by atoms with van der Waals surface area (Å²) in [5.41, 5.74) is 1.02. The average molecular weight is 247 g/mol. The Morgan fingerprint density at radius 1 is 1.39 bits per heavy atom. The summed E-state index contributed by atoms with van der Waals surface area (Å²) in [4.78, 5) is 4.17. The Morgan fingerprint density at radius 3 is 2.78 bits per heavy atom. The van der Waals surface area contributed by atoms with E-state index >= 15 is 0 Å². The van der Waals surface area contributed by atoms with Gasteiger partial charge in [-0.05, 0) is 19.9 Å². The van der Waals surface area contributed by atoms with Crippen LogP contribution in [0.1, 0.15) is 31.9 Å². The van der Waals surface area contributed by atoms with Crippen molar-refractivity contribution in [3.8, 4) is 5.75 Å². The zero-order valence-electron chi connectivity index (χ0n) is 11.4. The number of nitrogens with one attached hydrogen (secondary N) is 2. The molecule has 2 N–H and O–H groups in total. The molecule has 1 aromatic carbocycles. The molecule has 1 aliphatic rings. The lowest BCUT2D eigenvalue weighted by Crippen LogP contribution is -2.44. The molecule has 1 aliphatic heterocycles. The monoisotopic (exact) mass is 247 g/mol. The third-order valence-corrected chi connectivity index (χ3v) is 3.15. The number of para-hydroxylation sites is 1. The van der Waals surface area contributed by atoms with Gasteiger partial charge in [0.2, 0.25) is 0 Å². The van der Waals surface area contributed by atoms with Crippen LogP contribution in [0.15, 0.2) is 29.3 Å². The molecular weight excluding hydrogens is 226 g/mol. The first-order valence-electron chi connectivity index (χ1n) is 6.25. The molecule has 0 aliphatic carbocycles. The zero-order chi connectivity index (χ0) is 13.2. The number of hydrogen-bond donors (Lipinski definition) is 2. The Morgan fingerprint density at radius 2 is 2.11 bits per heavy atom. The number of guanidine groups is 1. The molecule has 1 heterocycles. The maximum absolute atomic E-state index is 6.00. The van der Waals surface area contributed by atoms with Gasteiger partial charge >= 0.3 is 0 Å². The molecule has 4 nitrogen and oxygen atoms in total. The van der Waals surface area contributed by atoms with Gasteiger partial charge in [0.05, 0.1) is 6.04 Å². The Labute approximate surface area is 108 Å². The predicted octanol–water partition coefficient (Wildman–Crippen LogP) is 2.08. The SMILES string of the molecule is CN=C(NC)NC1CC(C)(C)Oc2ccccc21. The second-order valence-electron chi connectivity index (χ2n) is 5.12. The molecule has 0 saturated heterocycles. The quantitative estimate of drug-likeness (QED) is 0.590. The van der Waals surface area contributed by atoms with Gasteiger partial charge in [0, 0.05) is 26.1 Å². The smallest absolute Gasteiger partial charge is 0.191 e. The summed E-state index contributed by atoms with van der Waals surface area (Å²) in [7, 11) is 3.64. The van der Waals surface area contributed by atoms with Crippen LogP contribution in [0.3, 0.4) is 0 Å². The van der Waals surface area contributed by atoms with Gasteiger partial charge in [-0.15, -0.1) is 0 Å². The zero-order valence-corrected chi connectivity index (χ0v) is 11.4. The van der Waals surface area contributed by atoms with E-state index in [0.717, 1.165) is 18.1 Å². The van der Waals surface area contributed by atoms with Gasteiger partial charge in [-0.25, -0.2) is 0 Å². The topological polar surface area (TPSA) is 45.7 Å². The fourth-order valence-electron chi connectivity index (χ4n) is 2.34. The van der Waals surface area contributed by atoms with Crippen molar-refractivity contribution in [1.29, 1.82) is 0 Å². The molecular formula is C14H21N3O. The average Bonchev–Trinajstić information content (AvgIpc) is 2.34. The Bertz CT molecular complexity index is 454. The molecule has 0 spiro atoms. The molecule has 0 saturated carbocycles. The highest BCUT2D eigenvalue weighted by Gasteiger charge is 2.33. The van der Waals surface area contributed by atoms with Crippen molar-refractivity contribution in [2.45, 2.75) is 31.9 Å². The first-order valence-corrected chi connectivity index (χ1v) is 6.25. The van der Waals surface area contributed by atoms with Crippen molar-refractivity contribution in [3.63, 3.8) is 0 Å². The van der Waals surface area contributed by atoms with Crippen LogP contribution in [0.25, 0.3) is 0 Å². The lowest BCUT2D eigenvalue weighted by atomic mass is 9.90. The number of rotatable bonds is 1. The van der Waals surface area contributed by atoms with Crippen LogP contribution in [-0.4, -0.2) is 25.7 Å². The highest BCUT2D eigenvalue weighted by Crippen LogP contribution is 2.38. The van der Waals surface area contributed by atoms with Crippen LogP contribution in [-0.2, 0) is 0 Å². The van der Waals surface area contributed by atoms with Gasteiger partial charge in [0.25, 0.3) is 0 Å². The number of aliphatic imine (C=N–C) groups is 1. The van der Waals surface area contributed by atoms with Gasteiger partial charge in [-0.1, -0.05) is 18.2 Å². The van der Waals surface area contributed by atoms with Gasteiger partial charge in [0.1, 0.15) is 11.4 Å². The minimum Gasteiger partial charge on any atom is -0.487 e. The minimum atomic E-state index is -0.168. The largest absolute Gasteiger partial charge is 0.487 e. The molecule has 4 heteroatoms. The maximum Gasteiger partial charge on any atom is 0.191 e. The van der Waals surface area contributed by atoms with E-state index in [1.807, 2.05) is 25.2 Å². The van der Waals surface area contributed by atoms with E-state index in [1.54, 1.807) is 7.05 Å². The molecule has 18 heavy (non-hydrogen) atoms. The molecule has 1 atom stereocenters. The van der Waals surface area contributed by atoms with Crippen LogP contribution in [0.2, 0.25) is 0 Å². The second-order valence-corrected chi connectivity index (χ2v) is 5.12. The summed E-state index contributed by atoms with van der Waals surface area (Å²) in [6.45, 7) is 4.22. The molecule has 1 unspecified atom stereocenters. The Hall–Kier alpha value is -1.71. The molecule has 0 bridgehead atoms. The van der Waals surface area contributed by atoms with Crippen molar-refractivity contribution < 1.29 is 4.74 Å². The number of benzene rings is 1. The first-order chi connectivity index (χ1) is 8.55. The third kappa shape index (κ3) is 2.58. The molecule has 0 aromatic heterocycles. The van der Waals surface area contributed by atoms with E-state index in [0.29, 0.717) is 0 Å².